The van der Waals surface area contributed by atoms with Gasteiger partial charge in [-0.1, -0.05) is 11.2 Å². The zero-order valence-electron chi connectivity index (χ0n) is 19.6. The number of nitrogens with two attached hydrogens (primary N) is 2. The minimum absolute atomic E-state index is 0. The van der Waals surface area contributed by atoms with Gasteiger partial charge in [0.2, 0.25) is 17.6 Å². The number of rotatable bonds is 10. The summed E-state index contributed by atoms with van der Waals surface area (Å²) in [6, 6.07) is 7.52. The minimum Gasteiger partial charge on any atom is -0.495 e. The second-order valence-corrected chi connectivity index (χ2v) is 7.16. The summed E-state index contributed by atoms with van der Waals surface area (Å²) in [5.41, 5.74) is 13.2. The molecule has 1 unspecified atom stereocenters. The number of hydrogen-bond acceptors (Lipinski definition) is 9. The fourth-order valence-corrected chi connectivity index (χ4v) is 3.37. The first-order valence-corrected chi connectivity index (χ1v) is 10.1. The average molecular weight is 507 g/mol. The fourth-order valence-electron chi connectivity index (χ4n) is 3.37. The maximum absolute atomic E-state index is 12.4. The molecular weight excluding hydrogens is 480 g/mol. The maximum Gasteiger partial charge on any atom is 0.241 e. The van der Waals surface area contributed by atoms with Crippen molar-refractivity contribution in [3.8, 4) is 45.4 Å². The molecule has 1 atom stereocenters. The van der Waals surface area contributed by atoms with Gasteiger partial charge in [-0.25, -0.2) is 0 Å². The van der Waals surface area contributed by atoms with Crippen LogP contribution in [0, 0.1) is 0 Å². The van der Waals surface area contributed by atoms with Gasteiger partial charge in [0.1, 0.15) is 5.75 Å². The van der Waals surface area contributed by atoms with E-state index in [0.29, 0.717) is 51.1 Å². The Morgan fingerprint density at radius 3 is 2.14 bits per heavy atom. The smallest absolute Gasteiger partial charge is 0.241 e. The van der Waals surface area contributed by atoms with Crippen molar-refractivity contribution < 1.29 is 33.1 Å². The first kappa shape index (κ1) is 27.3. The molecule has 0 fully saturated rings. The number of methoxy groups -OCH3 is 4. The van der Waals surface area contributed by atoms with E-state index >= 15 is 0 Å². The summed E-state index contributed by atoms with van der Waals surface area (Å²) in [7, 11) is 6.02. The number of aromatic nitrogens is 1. The third-order valence-electron chi connectivity index (χ3n) is 5.02. The van der Waals surface area contributed by atoms with E-state index in [-0.39, 0.29) is 18.8 Å². The molecule has 0 spiro atoms. The van der Waals surface area contributed by atoms with Crippen molar-refractivity contribution in [2.75, 3.05) is 33.8 Å². The van der Waals surface area contributed by atoms with E-state index in [1.54, 1.807) is 36.5 Å². The number of nitrogens with one attached hydrogen (secondary N) is 1. The lowest BCUT2D eigenvalue weighted by Gasteiger charge is -2.15. The molecule has 5 N–H and O–H groups in total. The molecule has 3 rings (SSSR count). The first-order valence-electron chi connectivity index (χ1n) is 10.1. The van der Waals surface area contributed by atoms with Crippen LogP contribution in [0.1, 0.15) is 6.42 Å². The fraction of sp³-hybridized carbons (Fsp3) is 0.261. The van der Waals surface area contributed by atoms with E-state index in [0.717, 1.165) is 0 Å². The van der Waals surface area contributed by atoms with Gasteiger partial charge >= 0.3 is 0 Å². The number of halogens is 1. The van der Waals surface area contributed by atoms with Crippen molar-refractivity contribution in [2.24, 2.45) is 11.5 Å². The minimum atomic E-state index is -1.10. The lowest BCUT2D eigenvalue weighted by Crippen LogP contribution is -2.39. The molecule has 188 valence electrons. The average Bonchev–Trinajstić information content (AvgIpc) is 3.32. The van der Waals surface area contributed by atoms with Gasteiger partial charge in [-0.3, -0.25) is 9.59 Å². The van der Waals surface area contributed by atoms with Crippen molar-refractivity contribution in [1.82, 2.24) is 5.16 Å². The number of hydrogen-bond donors (Lipinski definition) is 3. The molecule has 0 aliphatic rings. The van der Waals surface area contributed by atoms with Gasteiger partial charge in [0, 0.05) is 11.1 Å². The highest BCUT2D eigenvalue weighted by Crippen LogP contribution is 2.44. The van der Waals surface area contributed by atoms with Gasteiger partial charge in [0.15, 0.2) is 17.3 Å². The van der Waals surface area contributed by atoms with E-state index in [2.05, 4.69) is 10.5 Å². The second kappa shape index (κ2) is 12.0. The molecule has 0 saturated carbocycles. The highest BCUT2D eigenvalue weighted by molar-refractivity contribution is 5.99. The van der Waals surface area contributed by atoms with Crippen LogP contribution in [0.25, 0.3) is 22.5 Å². The van der Waals surface area contributed by atoms with Crippen molar-refractivity contribution in [2.45, 2.75) is 12.5 Å². The first-order chi connectivity index (χ1) is 16.3. The molecule has 0 bridgehead atoms. The summed E-state index contributed by atoms with van der Waals surface area (Å²) in [4.78, 5) is 23.5. The van der Waals surface area contributed by atoms with Crippen LogP contribution >= 0.6 is 12.4 Å². The van der Waals surface area contributed by atoms with Crippen molar-refractivity contribution in [3.63, 3.8) is 0 Å². The number of anilines is 1. The molecule has 11 nitrogen and oxygen atoms in total. The number of ether oxygens (including phenoxy) is 4. The summed E-state index contributed by atoms with van der Waals surface area (Å²) in [6.45, 7) is 0. The van der Waals surface area contributed by atoms with Crippen LogP contribution in [0.5, 0.6) is 23.0 Å². The summed E-state index contributed by atoms with van der Waals surface area (Å²) in [5.74, 6) is 0.917. The number of carbonyl (C=O) groups is 2. The van der Waals surface area contributed by atoms with E-state index in [1.807, 2.05) is 0 Å². The van der Waals surface area contributed by atoms with Gasteiger partial charge in [-0.2, -0.15) is 0 Å². The molecule has 2 amide bonds. The van der Waals surface area contributed by atoms with Gasteiger partial charge < -0.3 is 40.3 Å². The Labute approximate surface area is 208 Å². The monoisotopic (exact) mass is 506 g/mol. The number of carbonyl (C=O) groups excluding carboxylic acids is 2. The van der Waals surface area contributed by atoms with Crippen molar-refractivity contribution in [1.29, 1.82) is 0 Å². The molecule has 0 aliphatic heterocycles. The van der Waals surface area contributed by atoms with Gasteiger partial charge in [-0.05, 0) is 29.8 Å². The Balaban J connectivity index is 0.00000432. The third kappa shape index (κ3) is 5.94. The van der Waals surface area contributed by atoms with Crippen LogP contribution in [0.4, 0.5) is 5.69 Å². The SMILES string of the molecule is COc1ccc(-c2cnoc2-c2cc(OC)c(OC)c(OC)c2)cc1NC(=O)C(N)CC(N)=O.Cl. The Bertz CT molecular complexity index is 1170. The normalized spacial score (nSPS) is 11.1. The number of amides is 2. The highest BCUT2D eigenvalue weighted by atomic mass is 35.5. The van der Waals surface area contributed by atoms with Crippen LogP contribution < -0.4 is 35.7 Å². The Hall–Kier alpha value is -3.96. The van der Waals surface area contributed by atoms with Gasteiger partial charge in [0.25, 0.3) is 0 Å². The molecule has 12 heteroatoms. The highest BCUT2D eigenvalue weighted by Gasteiger charge is 2.22. The quantitative estimate of drug-likeness (QED) is 0.375. The number of nitrogens with zero attached hydrogens (tertiary/aromatic N) is 1. The van der Waals surface area contributed by atoms with Crippen LogP contribution in [-0.4, -0.2) is 51.5 Å². The summed E-state index contributed by atoms with van der Waals surface area (Å²) >= 11 is 0. The van der Waals surface area contributed by atoms with Crippen LogP contribution in [0.2, 0.25) is 0 Å². The zero-order valence-corrected chi connectivity index (χ0v) is 20.4. The van der Waals surface area contributed by atoms with Crippen LogP contribution in [-0.2, 0) is 9.59 Å². The standard InChI is InChI=1S/C23H26N4O7.ClH/c1-30-17-6-5-12(7-16(17)27-23(29)15(24)10-20(25)28)14-11-26-34-21(14)13-8-18(31-2)22(33-4)19(9-13)32-3;/h5-9,11,15H,10,24H2,1-4H3,(H2,25,28)(H,27,29);1H. The molecule has 0 aliphatic carbocycles. The van der Waals surface area contributed by atoms with Gasteiger partial charge in [0.05, 0.1) is 52.8 Å². The van der Waals surface area contributed by atoms with E-state index in [9.17, 15) is 9.59 Å². The Kier molecular flexibility index (Phi) is 9.32. The predicted molar refractivity (Wildman–Crippen MR) is 131 cm³/mol. The Morgan fingerprint density at radius 1 is 0.971 bits per heavy atom. The van der Waals surface area contributed by atoms with Crippen molar-refractivity contribution >= 4 is 29.9 Å². The lowest BCUT2D eigenvalue weighted by atomic mass is 10.0. The molecule has 1 heterocycles. The Morgan fingerprint density at radius 2 is 1.60 bits per heavy atom. The molecule has 2 aromatic carbocycles. The lowest BCUT2D eigenvalue weighted by molar-refractivity contribution is -0.123. The van der Waals surface area contributed by atoms with Gasteiger partial charge in [-0.15, -0.1) is 12.4 Å². The van der Waals surface area contributed by atoms with E-state index < -0.39 is 17.9 Å². The largest absolute Gasteiger partial charge is 0.495 e. The van der Waals surface area contributed by atoms with Crippen LogP contribution in [0.3, 0.4) is 0 Å². The summed E-state index contributed by atoms with van der Waals surface area (Å²) in [6.07, 6.45) is 1.26. The predicted octanol–water partition coefficient (Wildman–Crippen LogP) is 2.61. The second-order valence-electron chi connectivity index (χ2n) is 7.16. The van der Waals surface area contributed by atoms with E-state index in [1.165, 1.54) is 28.4 Å². The van der Waals surface area contributed by atoms with Crippen molar-refractivity contribution in [3.05, 3.63) is 36.5 Å². The number of primary amides is 1. The molecule has 1 aromatic heterocycles. The van der Waals surface area contributed by atoms with E-state index in [4.69, 9.17) is 34.9 Å². The summed E-state index contributed by atoms with van der Waals surface area (Å²) in [5, 5.41) is 6.62. The molecule has 3 aromatic rings. The molecule has 0 radical (unpaired) electrons. The van der Waals surface area contributed by atoms with Crippen LogP contribution in [0.15, 0.2) is 41.1 Å². The summed E-state index contributed by atoms with van der Waals surface area (Å²) < 4.78 is 27.1. The number of benzene rings is 2. The third-order valence-corrected chi connectivity index (χ3v) is 5.02. The topological polar surface area (TPSA) is 161 Å². The molecular formula is C23H27ClN4O7. The zero-order chi connectivity index (χ0) is 24.8. The molecule has 35 heavy (non-hydrogen) atoms. The molecule has 0 saturated heterocycles. The maximum atomic E-state index is 12.4.